The predicted octanol–water partition coefficient (Wildman–Crippen LogP) is 1.55. The smallest absolute Gasteiger partial charge is 0.225 e. The molecule has 1 aromatic rings. The Morgan fingerprint density at radius 3 is 2.62 bits per heavy atom. The van der Waals surface area contributed by atoms with Gasteiger partial charge < -0.3 is 21.1 Å². The van der Waals surface area contributed by atoms with Crippen LogP contribution in [-0.4, -0.2) is 55.6 Å². The zero-order valence-corrected chi connectivity index (χ0v) is 15.1. The van der Waals surface area contributed by atoms with E-state index in [-0.39, 0.29) is 36.4 Å². The lowest BCUT2D eigenvalue weighted by Crippen LogP contribution is -2.38. The summed E-state index contributed by atoms with van der Waals surface area (Å²) in [5.41, 5.74) is 6.12. The van der Waals surface area contributed by atoms with Crippen molar-refractivity contribution in [2.24, 2.45) is 5.73 Å². The SMILES string of the molecule is CC(N)CCC(=O)Nc1ccc(F)c(NC(=O)CCN2CCOCC2)c1. The van der Waals surface area contributed by atoms with E-state index in [4.69, 9.17) is 10.5 Å². The molecule has 26 heavy (non-hydrogen) atoms. The lowest BCUT2D eigenvalue weighted by molar-refractivity contribution is -0.117. The van der Waals surface area contributed by atoms with Crippen LogP contribution in [0.3, 0.4) is 0 Å². The Labute approximate surface area is 153 Å². The van der Waals surface area contributed by atoms with E-state index in [2.05, 4.69) is 15.5 Å². The first-order valence-corrected chi connectivity index (χ1v) is 8.89. The topological polar surface area (TPSA) is 96.7 Å². The molecular weight excluding hydrogens is 339 g/mol. The Balaban J connectivity index is 1.85. The number of anilines is 2. The fourth-order valence-corrected chi connectivity index (χ4v) is 2.58. The highest BCUT2D eigenvalue weighted by Crippen LogP contribution is 2.20. The van der Waals surface area contributed by atoms with Crippen LogP contribution in [0.25, 0.3) is 0 Å². The number of rotatable bonds is 8. The van der Waals surface area contributed by atoms with Gasteiger partial charge in [0.2, 0.25) is 11.8 Å². The third-order valence-corrected chi connectivity index (χ3v) is 4.11. The number of carbonyl (C=O) groups is 2. The van der Waals surface area contributed by atoms with Crippen LogP contribution >= 0.6 is 0 Å². The molecule has 0 bridgehead atoms. The van der Waals surface area contributed by atoms with E-state index in [9.17, 15) is 14.0 Å². The number of hydrogen-bond donors (Lipinski definition) is 3. The number of hydrogen-bond acceptors (Lipinski definition) is 5. The van der Waals surface area contributed by atoms with E-state index in [0.29, 0.717) is 31.9 Å². The Kier molecular flexibility index (Phi) is 7.96. The molecule has 0 aromatic heterocycles. The maximum Gasteiger partial charge on any atom is 0.225 e. The van der Waals surface area contributed by atoms with Crippen molar-refractivity contribution in [1.29, 1.82) is 0 Å². The van der Waals surface area contributed by atoms with Crippen LogP contribution in [0.15, 0.2) is 18.2 Å². The van der Waals surface area contributed by atoms with Gasteiger partial charge >= 0.3 is 0 Å². The normalized spacial score (nSPS) is 16.1. The molecular formula is C18H27FN4O3. The van der Waals surface area contributed by atoms with Gasteiger partial charge in [0.1, 0.15) is 5.82 Å². The lowest BCUT2D eigenvalue weighted by atomic mass is 10.2. The molecule has 1 heterocycles. The molecule has 7 nitrogen and oxygen atoms in total. The van der Waals surface area contributed by atoms with Gasteiger partial charge in [-0.15, -0.1) is 0 Å². The molecule has 1 aliphatic rings. The minimum absolute atomic E-state index is 0.0574. The summed E-state index contributed by atoms with van der Waals surface area (Å²) in [6.45, 7) is 5.36. The molecule has 1 saturated heterocycles. The monoisotopic (exact) mass is 366 g/mol. The molecule has 1 unspecified atom stereocenters. The van der Waals surface area contributed by atoms with Gasteiger partial charge in [0.25, 0.3) is 0 Å². The number of morpholine rings is 1. The third-order valence-electron chi connectivity index (χ3n) is 4.11. The first-order valence-electron chi connectivity index (χ1n) is 8.89. The van der Waals surface area contributed by atoms with Crippen molar-refractivity contribution in [3.63, 3.8) is 0 Å². The average Bonchev–Trinajstić information content (AvgIpc) is 2.62. The largest absolute Gasteiger partial charge is 0.379 e. The van der Waals surface area contributed by atoms with Gasteiger partial charge in [-0.05, 0) is 31.5 Å². The number of benzene rings is 1. The van der Waals surface area contributed by atoms with Crippen molar-refractivity contribution in [2.45, 2.75) is 32.2 Å². The fraction of sp³-hybridized carbons (Fsp3) is 0.556. The van der Waals surface area contributed by atoms with E-state index in [1.165, 1.54) is 18.2 Å². The summed E-state index contributed by atoms with van der Waals surface area (Å²) in [5, 5.41) is 5.26. The lowest BCUT2D eigenvalue weighted by Gasteiger charge is -2.26. The van der Waals surface area contributed by atoms with Crippen molar-refractivity contribution in [3.05, 3.63) is 24.0 Å². The van der Waals surface area contributed by atoms with Gasteiger partial charge in [-0.2, -0.15) is 0 Å². The van der Waals surface area contributed by atoms with E-state index in [0.717, 1.165) is 13.1 Å². The van der Waals surface area contributed by atoms with Crippen molar-refractivity contribution >= 4 is 23.2 Å². The van der Waals surface area contributed by atoms with Crippen molar-refractivity contribution < 1.29 is 18.7 Å². The van der Waals surface area contributed by atoms with Crippen LogP contribution in [-0.2, 0) is 14.3 Å². The molecule has 1 fully saturated rings. The van der Waals surface area contributed by atoms with Gasteiger partial charge in [0.05, 0.1) is 18.9 Å². The summed E-state index contributed by atoms with van der Waals surface area (Å²) >= 11 is 0. The minimum Gasteiger partial charge on any atom is -0.379 e. The number of nitrogens with zero attached hydrogens (tertiary/aromatic N) is 1. The zero-order chi connectivity index (χ0) is 18.9. The average molecular weight is 366 g/mol. The number of carbonyl (C=O) groups excluding carboxylic acids is 2. The summed E-state index contributed by atoms with van der Waals surface area (Å²) < 4.78 is 19.2. The van der Waals surface area contributed by atoms with Crippen LogP contribution < -0.4 is 16.4 Å². The Bertz CT molecular complexity index is 618. The molecule has 1 aliphatic heterocycles. The van der Waals surface area contributed by atoms with Crippen molar-refractivity contribution in [1.82, 2.24) is 4.90 Å². The zero-order valence-electron chi connectivity index (χ0n) is 15.1. The summed E-state index contributed by atoms with van der Waals surface area (Å²) in [6.07, 6.45) is 1.12. The number of amides is 2. The van der Waals surface area contributed by atoms with Crippen molar-refractivity contribution in [2.75, 3.05) is 43.5 Å². The van der Waals surface area contributed by atoms with Crippen LogP contribution in [0.1, 0.15) is 26.2 Å². The van der Waals surface area contributed by atoms with E-state index < -0.39 is 5.82 Å². The first-order chi connectivity index (χ1) is 12.4. The molecule has 8 heteroatoms. The predicted molar refractivity (Wildman–Crippen MR) is 98.4 cm³/mol. The first kappa shape index (κ1) is 20.3. The van der Waals surface area contributed by atoms with E-state index in [1.807, 2.05) is 6.92 Å². The molecule has 2 rings (SSSR count). The molecule has 0 radical (unpaired) electrons. The number of nitrogens with two attached hydrogens (primary N) is 1. The molecule has 4 N–H and O–H groups in total. The molecule has 2 amide bonds. The van der Waals surface area contributed by atoms with Gasteiger partial charge in [0.15, 0.2) is 0 Å². The molecule has 0 spiro atoms. The quantitative estimate of drug-likeness (QED) is 0.649. The molecule has 144 valence electrons. The fourth-order valence-electron chi connectivity index (χ4n) is 2.58. The van der Waals surface area contributed by atoms with Gasteiger partial charge in [-0.3, -0.25) is 14.5 Å². The second-order valence-electron chi connectivity index (χ2n) is 6.51. The number of halogens is 1. The Morgan fingerprint density at radius 1 is 1.23 bits per heavy atom. The summed E-state index contributed by atoms with van der Waals surface area (Å²) in [4.78, 5) is 26.1. The number of nitrogens with one attached hydrogen (secondary N) is 2. The van der Waals surface area contributed by atoms with Gasteiger partial charge in [-0.1, -0.05) is 0 Å². The second kappa shape index (κ2) is 10.2. The Hall–Kier alpha value is -2.03. The minimum atomic E-state index is -0.543. The van der Waals surface area contributed by atoms with E-state index >= 15 is 0 Å². The molecule has 0 saturated carbocycles. The third kappa shape index (κ3) is 7.07. The van der Waals surface area contributed by atoms with Gasteiger partial charge in [0, 0.05) is 44.2 Å². The maximum atomic E-state index is 13.9. The molecule has 1 atom stereocenters. The second-order valence-corrected chi connectivity index (χ2v) is 6.51. The van der Waals surface area contributed by atoms with Crippen LogP contribution in [0.4, 0.5) is 15.8 Å². The standard InChI is InChI=1S/C18H27FN4O3/c1-13(20)2-5-17(24)21-14-3-4-15(19)16(12-14)22-18(25)6-7-23-8-10-26-11-9-23/h3-4,12-13H,2,5-11,20H2,1H3,(H,21,24)(H,22,25). The number of ether oxygens (including phenoxy) is 1. The van der Waals surface area contributed by atoms with E-state index in [1.54, 1.807) is 0 Å². The van der Waals surface area contributed by atoms with Crippen LogP contribution in [0.2, 0.25) is 0 Å². The van der Waals surface area contributed by atoms with Crippen LogP contribution in [0.5, 0.6) is 0 Å². The molecule has 0 aliphatic carbocycles. The van der Waals surface area contributed by atoms with Gasteiger partial charge in [-0.25, -0.2) is 4.39 Å². The summed E-state index contributed by atoms with van der Waals surface area (Å²) in [6, 6.07) is 4.04. The highest BCUT2D eigenvalue weighted by molar-refractivity contribution is 5.94. The van der Waals surface area contributed by atoms with Crippen molar-refractivity contribution in [3.8, 4) is 0 Å². The Morgan fingerprint density at radius 2 is 1.92 bits per heavy atom. The summed E-state index contributed by atoms with van der Waals surface area (Å²) in [5.74, 6) is -1.01. The highest BCUT2D eigenvalue weighted by Gasteiger charge is 2.14. The van der Waals surface area contributed by atoms with Crippen LogP contribution in [0, 0.1) is 5.82 Å². The molecule has 1 aromatic carbocycles. The maximum absolute atomic E-state index is 13.9. The highest BCUT2D eigenvalue weighted by atomic mass is 19.1. The summed E-state index contributed by atoms with van der Waals surface area (Å²) in [7, 11) is 0.